The third-order valence-electron chi connectivity index (χ3n) is 0.805. The van der Waals surface area contributed by atoms with Crippen LogP contribution in [-0.4, -0.2) is 13.2 Å². The molecule has 1 aliphatic rings. The second-order valence-corrected chi connectivity index (χ2v) is 1.83. The van der Waals surface area contributed by atoms with Crippen molar-refractivity contribution in [3.8, 4) is 0 Å². The summed E-state index contributed by atoms with van der Waals surface area (Å²) in [5, 5.41) is 0. The topological polar surface area (TPSA) is 128 Å². The van der Waals surface area contributed by atoms with Crippen LogP contribution in [0.3, 0.4) is 0 Å². The summed E-state index contributed by atoms with van der Waals surface area (Å²) in [7, 11) is 0. The number of rotatable bonds is 0. The first-order valence-electron chi connectivity index (χ1n) is 2.79. The van der Waals surface area contributed by atoms with E-state index in [0.717, 1.165) is 19.1 Å². The van der Waals surface area contributed by atoms with Crippen LogP contribution in [0.15, 0.2) is 0 Å². The highest BCUT2D eigenvalue weighted by Crippen LogP contribution is 2.05. The Bertz CT molecular complexity index is 129. The van der Waals surface area contributed by atoms with Crippen LogP contribution >= 0.6 is 0 Å². The van der Waals surface area contributed by atoms with Gasteiger partial charge >= 0.3 is 0 Å². The van der Waals surface area contributed by atoms with Crippen LogP contribution in [0.25, 0.3) is 26.4 Å². The van der Waals surface area contributed by atoms with Gasteiger partial charge in [-0.3, -0.25) is 4.91 Å². The Labute approximate surface area is 63.8 Å². The Morgan fingerprint density at radius 1 is 1.36 bits per heavy atom. The van der Waals surface area contributed by atoms with Gasteiger partial charge in [0.25, 0.3) is 0 Å². The molecule has 0 spiro atoms. The maximum Gasteiger partial charge on any atom is 0.0513 e. The maximum atomic E-state index is 6.86. The average molecular weight is 157 g/mol. The lowest BCUT2D eigenvalue weighted by Crippen LogP contribution is -2.23. The van der Waals surface area contributed by atoms with Crippen LogP contribution in [-0.2, 0) is 4.74 Å². The number of hydrogen-bond acceptors (Lipinski definition) is 2. The number of nitrogens with one attached hydrogen (secondary N) is 1. The standard InChI is InChI=1S/C4H8O.HN3.N3/c1-4-2-5-3-4;2*1-3-2/h4H,2-3H2,1H3;1H;/q;;-1. The van der Waals surface area contributed by atoms with Crippen LogP contribution in [0.5, 0.6) is 0 Å². The van der Waals surface area contributed by atoms with Gasteiger partial charge in [-0.25, -0.2) is 0 Å². The van der Waals surface area contributed by atoms with Crippen molar-refractivity contribution >= 4 is 0 Å². The third kappa shape index (κ3) is 17.7. The molecule has 1 N–H and O–H groups in total. The van der Waals surface area contributed by atoms with Crippen molar-refractivity contribution in [1.82, 2.24) is 0 Å². The molecule has 0 atom stereocenters. The molecule has 1 fully saturated rings. The summed E-state index contributed by atoms with van der Waals surface area (Å²) < 4.78 is 4.83. The van der Waals surface area contributed by atoms with Crippen molar-refractivity contribution in [2.75, 3.05) is 13.2 Å². The minimum absolute atomic E-state index is 0.843. The molecule has 11 heavy (non-hydrogen) atoms. The second-order valence-electron chi connectivity index (χ2n) is 1.83. The fourth-order valence-electron chi connectivity index (χ4n) is 0.354. The largest absolute Gasteiger partial charge is 0.381 e. The first kappa shape index (κ1) is 12.3. The maximum absolute atomic E-state index is 6.86. The zero-order valence-electron chi connectivity index (χ0n) is 6.14. The summed E-state index contributed by atoms with van der Waals surface area (Å²) >= 11 is 0. The minimum atomic E-state index is 0.843. The highest BCUT2D eigenvalue weighted by atomic mass is 16.5. The van der Waals surface area contributed by atoms with Gasteiger partial charge in [0.1, 0.15) is 0 Å². The van der Waals surface area contributed by atoms with E-state index in [0.29, 0.717) is 0 Å². The van der Waals surface area contributed by atoms with E-state index in [-0.39, 0.29) is 0 Å². The molecule has 0 saturated carbocycles. The van der Waals surface area contributed by atoms with E-state index < -0.39 is 0 Å². The van der Waals surface area contributed by atoms with Crippen molar-refractivity contribution in [3.05, 3.63) is 26.4 Å². The Hall–Kier alpha value is -1.42. The Kier molecular flexibility index (Phi) is 12.7. The summed E-state index contributed by atoms with van der Waals surface area (Å²) in [4.78, 5) is 3.25. The Morgan fingerprint density at radius 2 is 1.55 bits per heavy atom. The van der Waals surface area contributed by atoms with Gasteiger partial charge in [0, 0.05) is 5.92 Å². The first-order valence-corrected chi connectivity index (χ1v) is 2.79. The minimum Gasteiger partial charge on any atom is -0.381 e. The highest BCUT2D eigenvalue weighted by molar-refractivity contribution is 4.56. The van der Waals surface area contributed by atoms with Crippen LogP contribution in [0, 0.1) is 11.4 Å². The van der Waals surface area contributed by atoms with Gasteiger partial charge in [0.05, 0.1) is 13.2 Å². The third-order valence-corrected chi connectivity index (χ3v) is 0.805. The SMILES string of the molecule is CC1COC1.[N-]=[N+]=N.[N-]=[N+]=[N-]. The predicted molar refractivity (Wildman–Crippen MR) is 39.5 cm³/mol. The van der Waals surface area contributed by atoms with E-state index in [9.17, 15) is 0 Å². The van der Waals surface area contributed by atoms with Gasteiger partial charge in [0.2, 0.25) is 0 Å². The van der Waals surface area contributed by atoms with Crippen molar-refractivity contribution < 1.29 is 4.74 Å². The fraction of sp³-hybridized carbons (Fsp3) is 1.00. The van der Waals surface area contributed by atoms with Crippen LogP contribution < -0.4 is 0 Å². The number of nitrogens with zero attached hydrogens (tertiary/aromatic N) is 5. The first-order chi connectivity index (χ1) is 5.22. The molecule has 7 heteroatoms. The van der Waals surface area contributed by atoms with Gasteiger partial charge in [-0.15, -0.1) is 5.53 Å². The molecule has 1 saturated heterocycles. The van der Waals surface area contributed by atoms with E-state index in [4.69, 9.17) is 26.9 Å². The van der Waals surface area contributed by atoms with Gasteiger partial charge < -0.3 is 15.8 Å². The van der Waals surface area contributed by atoms with E-state index in [1.165, 1.54) is 4.91 Å². The lowest BCUT2D eigenvalue weighted by molar-refractivity contribution is -0.0221. The molecule has 1 rings (SSSR count). The zero-order valence-corrected chi connectivity index (χ0v) is 6.14. The number of ether oxygens (including phenoxy) is 1. The molecule has 0 aromatic rings. The quantitative estimate of drug-likeness (QED) is 0.323. The average Bonchev–Trinajstić information content (AvgIpc) is 1.87. The fourth-order valence-corrected chi connectivity index (χ4v) is 0.354. The Balaban J connectivity index is 0. The van der Waals surface area contributed by atoms with E-state index in [1.54, 1.807) is 4.91 Å². The Morgan fingerprint density at radius 3 is 1.55 bits per heavy atom. The molecule has 1 aliphatic heterocycles. The summed E-state index contributed by atoms with van der Waals surface area (Å²) in [5.74, 6) is 0.843. The van der Waals surface area contributed by atoms with E-state index in [1.807, 2.05) is 0 Å². The van der Waals surface area contributed by atoms with Gasteiger partial charge in [-0.1, -0.05) is 6.92 Å². The smallest absolute Gasteiger partial charge is 0.0513 e. The molecule has 0 unspecified atom stereocenters. The van der Waals surface area contributed by atoms with Crippen molar-refractivity contribution in [2.24, 2.45) is 5.92 Å². The zero-order chi connectivity index (χ0) is 9.11. The predicted octanol–water partition coefficient (Wildman–Crippen LogP) is 2.39. The molecule has 1 heterocycles. The lowest BCUT2D eigenvalue weighted by Gasteiger charge is -2.20. The van der Waals surface area contributed by atoms with Gasteiger partial charge in [-0.05, 0) is 10.4 Å². The van der Waals surface area contributed by atoms with Crippen molar-refractivity contribution in [3.63, 3.8) is 0 Å². The summed E-state index contributed by atoms with van der Waals surface area (Å²) in [6.07, 6.45) is 0. The molecule has 0 bridgehead atoms. The second kappa shape index (κ2) is 11.4. The molecular weight excluding hydrogens is 148 g/mol. The molecule has 0 amide bonds. The molecule has 7 nitrogen and oxygen atoms in total. The van der Waals surface area contributed by atoms with E-state index >= 15 is 0 Å². The molecule has 0 aromatic carbocycles. The van der Waals surface area contributed by atoms with Crippen LogP contribution in [0.4, 0.5) is 0 Å². The highest BCUT2D eigenvalue weighted by Gasteiger charge is 2.09. The summed E-state index contributed by atoms with van der Waals surface area (Å²) in [6.45, 7) is 4.16. The van der Waals surface area contributed by atoms with Crippen molar-refractivity contribution in [2.45, 2.75) is 6.92 Å². The van der Waals surface area contributed by atoms with Crippen LogP contribution in [0.2, 0.25) is 0 Å². The van der Waals surface area contributed by atoms with Crippen LogP contribution in [0.1, 0.15) is 6.92 Å². The molecule has 62 valence electrons. The van der Waals surface area contributed by atoms with Gasteiger partial charge in [-0.2, -0.15) is 0 Å². The molecular formula is C4H9N6O-. The van der Waals surface area contributed by atoms with E-state index in [2.05, 4.69) is 6.92 Å². The molecule has 0 radical (unpaired) electrons. The normalized spacial score (nSPS) is 13.2. The number of hydrogen-bond donors (Lipinski definition) is 1. The molecule has 0 aliphatic carbocycles. The molecule has 0 aromatic heterocycles. The summed E-state index contributed by atoms with van der Waals surface area (Å²) in [6, 6.07) is 0. The lowest BCUT2D eigenvalue weighted by atomic mass is 10.2. The summed E-state index contributed by atoms with van der Waals surface area (Å²) in [5.41, 5.74) is 25.8. The van der Waals surface area contributed by atoms with Gasteiger partial charge in [0.15, 0.2) is 0 Å². The monoisotopic (exact) mass is 157 g/mol. The van der Waals surface area contributed by atoms with Crippen molar-refractivity contribution in [1.29, 1.82) is 5.53 Å².